The lowest BCUT2D eigenvalue weighted by Crippen LogP contribution is -2.25. The molecule has 2 heterocycles. The van der Waals surface area contributed by atoms with Crippen LogP contribution in [0.2, 0.25) is 5.02 Å². The zero-order valence-corrected chi connectivity index (χ0v) is 14.8. The summed E-state index contributed by atoms with van der Waals surface area (Å²) in [6.07, 6.45) is 2.30. The maximum Gasteiger partial charge on any atom is 0.338 e. The molecule has 6 nitrogen and oxygen atoms in total. The number of hydrogen-bond donors (Lipinski definition) is 0. The van der Waals surface area contributed by atoms with Crippen molar-refractivity contribution < 1.29 is 23.9 Å². The molecule has 0 amide bonds. The number of benzene rings is 1. The fraction of sp³-hybridized carbons (Fsp3) is 0.263. The van der Waals surface area contributed by atoms with Crippen LogP contribution in [0, 0.1) is 0 Å². The highest BCUT2D eigenvalue weighted by atomic mass is 35.5. The van der Waals surface area contributed by atoms with Gasteiger partial charge in [-0.2, -0.15) is 0 Å². The first-order valence-electron chi connectivity index (χ1n) is 8.08. The predicted molar refractivity (Wildman–Crippen MR) is 94.3 cm³/mol. The average molecular weight is 374 g/mol. The molecule has 3 rings (SSSR count). The van der Waals surface area contributed by atoms with E-state index in [-0.39, 0.29) is 33.2 Å². The Morgan fingerprint density at radius 2 is 1.88 bits per heavy atom. The number of carbonyl (C=O) groups is 4. The van der Waals surface area contributed by atoms with E-state index in [1.807, 2.05) is 0 Å². The number of ether oxygens (including phenoxy) is 1. The van der Waals surface area contributed by atoms with Gasteiger partial charge in [0.2, 0.25) is 0 Å². The molecule has 0 spiro atoms. The molecular weight excluding hydrogens is 358 g/mol. The number of aromatic nitrogens is 1. The highest BCUT2D eigenvalue weighted by molar-refractivity contribution is 6.35. The maximum absolute atomic E-state index is 13.2. The number of nitrogens with zero attached hydrogens (tertiary/aromatic N) is 1. The Morgan fingerprint density at radius 1 is 1.19 bits per heavy atom. The van der Waals surface area contributed by atoms with Gasteiger partial charge in [-0.3, -0.25) is 14.4 Å². The minimum absolute atomic E-state index is 0.0611. The van der Waals surface area contributed by atoms with Gasteiger partial charge in [-0.05, 0) is 18.9 Å². The van der Waals surface area contributed by atoms with E-state index in [1.165, 1.54) is 13.2 Å². The Kier molecular flexibility index (Phi) is 5.04. The molecule has 7 heteroatoms. The third-order valence-corrected chi connectivity index (χ3v) is 5.06. The second-order valence-corrected chi connectivity index (χ2v) is 6.36. The van der Waals surface area contributed by atoms with Crippen LogP contribution in [0.3, 0.4) is 0 Å². The normalized spacial score (nSPS) is 15.8. The Morgan fingerprint density at radius 3 is 2.50 bits per heavy atom. The van der Waals surface area contributed by atoms with Gasteiger partial charge in [0.25, 0.3) is 0 Å². The zero-order chi connectivity index (χ0) is 18.8. The number of aldehydes is 2. The minimum Gasteiger partial charge on any atom is -0.465 e. The molecule has 0 saturated heterocycles. The molecule has 1 atom stereocenters. The summed E-state index contributed by atoms with van der Waals surface area (Å²) in [5.74, 6) is -1.58. The molecule has 0 N–H and O–H groups in total. The maximum atomic E-state index is 13.2. The fourth-order valence-corrected chi connectivity index (χ4v) is 3.80. The molecule has 2 aromatic rings. The number of halogens is 1. The van der Waals surface area contributed by atoms with Gasteiger partial charge in [0.15, 0.2) is 18.4 Å². The number of methoxy groups -OCH3 is 1. The van der Waals surface area contributed by atoms with Crippen LogP contribution < -0.4 is 0 Å². The summed E-state index contributed by atoms with van der Waals surface area (Å²) in [7, 11) is 1.25. The fourth-order valence-electron chi connectivity index (χ4n) is 3.51. The van der Waals surface area contributed by atoms with Gasteiger partial charge in [-0.15, -0.1) is 0 Å². The molecule has 0 fully saturated rings. The molecule has 26 heavy (non-hydrogen) atoms. The third-order valence-electron chi connectivity index (χ3n) is 4.67. The number of carbonyl (C=O) groups excluding carboxylic acids is 4. The number of esters is 1. The number of fused-ring (bicyclic) bond motifs is 1. The van der Waals surface area contributed by atoms with Crippen molar-refractivity contribution in [2.75, 3.05) is 7.11 Å². The molecule has 0 bridgehead atoms. The van der Waals surface area contributed by atoms with Crippen LogP contribution in [0.4, 0.5) is 0 Å². The third kappa shape index (κ3) is 2.76. The van der Waals surface area contributed by atoms with Gasteiger partial charge in [0.1, 0.15) is 5.69 Å². The van der Waals surface area contributed by atoms with Crippen molar-refractivity contribution in [2.45, 2.75) is 25.3 Å². The summed E-state index contributed by atoms with van der Waals surface area (Å²) < 4.78 is 6.38. The van der Waals surface area contributed by atoms with Crippen molar-refractivity contribution in [3.63, 3.8) is 0 Å². The predicted octanol–water partition coefficient (Wildman–Crippen LogP) is 3.31. The largest absolute Gasteiger partial charge is 0.465 e. The van der Waals surface area contributed by atoms with Crippen LogP contribution in [-0.2, 0) is 11.3 Å². The second-order valence-electron chi connectivity index (χ2n) is 5.98. The molecule has 0 radical (unpaired) electrons. The molecule has 1 aliphatic rings. The van der Waals surface area contributed by atoms with E-state index in [4.69, 9.17) is 16.3 Å². The van der Waals surface area contributed by atoms with Crippen molar-refractivity contribution in [3.8, 4) is 0 Å². The van der Waals surface area contributed by atoms with Crippen molar-refractivity contribution in [3.05, 3.63) is 57.4 Å². The van der Waals surface area contributed by atoms with Crippen molar-refractivity contribution in [2.24, 2.45) is 0 Å². The van der Waals surface area contributed by atoms with Crippen LogP contribution in [0.1, 0.15) is 66.0 Å². The molecule has 1 aliphatic heterocycles. The summed E-state index contributed by atoms with van der Waals surface area (Å²) in [6, 6.07) is 6.38. The molecular formula is C19H16ClNO5. The van der Waals surface area contributed by atoms with Crippen molar-refractivity contribution >= 4 is 35.9 Å². The van der Waals surface area contributed by atoms with Crippen LogP contribution in [0.5, 0.6) is 0 Å². The number of ketones is 1. The Bertz CT molecular complexity index is 915. The molecule has 1 unspecified atom stereocenters. The van der Waals surface area contributed by atoms with E-state index in [9.17, 15) is 19.2 Å². The Hall–Kier alpha value is -2.73. The van der Waals surface area contributed by atoms with Crippen LogP contribution >= 0.6 is 11.6 Å². The first-order valence-corrected chi connectivity index (χ1v) is 8.46. The highest BCUT2D eigenvalue weighted by Gasteiger charge is 2.35. The van der Waals surface area contributed by atoms with Gasteiger partial charge >= 0.3 is 5.97 Å². The minimum atomic E-state index is -0.666. The topological polar surface area (TPSA) is 82.4 Å². The summed E-state index contributed by atoms with van der Waals surface area (Å²) in [5.41, 5.74) is 1.17. The first-order chi connectivity index (χ1) is 12.5. The molecule has 1 aromatic carbocycles. The number of Topliss-reactive ketones (excluding diaryl/α,β-unsaturated/α-hetero) is 1. The SMILES string of the molecule is COC(=O)c1ccccc1C(=O)C1CCCn2c(C=O)c(Cl)c(C=O)c21. The van der Waals surface area contributed by atoms with E-state index in [0.29, 0.717) is 37.7 Å². The van der Waals surface area contributed by atoms with Crippen LogP contribution in [0.15, 0.2) is 24.3 Å². The van der Waals surface area contributed by atoms with E-state index < -0.39 is 11.9 Å². The summed E-state index contributed by atoms with van der Waals surface area (Å²) >= 11 is 6.17. The van der Waals surface area contributed by atoms with E-state index in [1.54, 1.807) is 22.8 Å². The number of rotatable bonds is 5. The number of hydrogen-bond acceptors (Lipinski definition) is 5. The molecule has 1 aromatic heterocycles. The lowest BCUT2D eigenvalue weighted by Gasteiger charge is -2.25. The van der Waals surface area contributed by atoms with E-state index in [0.717, 1.165) is 0 Å². The zero-order valence-electron chi connectivity index (χ0n) is 14.0. The van der Waals surface area contributed by atoms with Gasteiger partial charge in [-0.25, -0.2) is 4.79 Å². The average Bonchev–Trinajstić information content (AvgIpc) is 2.97. The summed E-state index contributed by atoms with van der Waals surface area (Å²) in [6.45, 7) is 0.499. The van der Waals surface area contributed by atoms with Crippen LogP contribution in [-0.4, -0.2) is 36.0 Å². The second kappa shape index (κ2) is 7.25. The highest BCUT2D eigenvalue weighted by Crippen LogP contribution is 2.39. The summed E-state index contributed by atoms with van der Waals surface area (Å²) in [5, 5.41) is 0.0611. The first kappa shape index (κ1) is 18.1. The van der Waals surface area contributed by atoms with Crippen LogP contribution in [0.25, 0.3) is 0 Å². The monoisotopic (exact) mass is 373 g/mol. The molecule has 0 saturated carbocycles. The smallest absolute Gasteiger partial charge is 0.338 e. The van der Waals surface area contributed by atoms with Crippen molar-refractivity contribution in [1.82, 2.24) is 4.57 Å². The molecule has 0 aliphatic carbocycles. The lowest BCUT2D eigenvalue weighted by molar-refractivity contribution is 0.0596. The standard InChI is InChI=1S/C19H16ClNO5/c1-26-19(25)12-6-3-2-5-11(12)18(24)13-7-4-8-21-15(10-23)16(20)14(9-22)17(13)21/h2-3,5-6,9-10,13H,4,7-8H2,1H3. The van der Waals surface area contributed by atoms with Crippen molar-refractivity contribution in [1.29, 1.82) is 0 Å². The van der Waals surface area contributed by atoms with Gasteiger partial charge in [0.05, 0.1) is 29.2 Å². The Balaban J connectivity index is 2.15. The summed E-state index contributed by atoms with van der Waals surface area (Å²) in [4.78, 5) is 48.1. The lowest BCUT2D eigenvalue weighted by atomic mass is 9.85. The van der Waals surface area contributed by atoms with E-state index in [2.05, 4.69) is 0 Å². The molecule has 134 valence electrons. The van der Waals surface area contributed by atoms with Gasteiger partial charge < -0.3 is 9.30 Å². The van der Waals surface area contributed by atoms with Gasteiger partial charge in [-0.1, -0.05) is 29.8 Å². The van der Waals surface area contributed by atoms with E-state index >= 15 is 0 Å². The Labute approximate surface area is 154 Å². The van der Waals surface area contributed by atoms with Gasteiger partial charge in [0, 0.05) is 17.8 Å². The quantitative estimate of drug-likeness (QED) is 0.456.